The fourth-order valence-electron chi connectivity index (χ4n) is 2.57. The van der Waals surface area contributed by atoms with E-state index in [9.17, 15) is 4.79 Å². The number of aromatic nitrogens is 2. The molecule has 1 aromatic rings. The number of esters is 1. The first-order valence-electron chi connectivity index (χ1n) is 5.88. The minimum absolute atomic E-state index is 0.120. The number of aromatic amines is 1. The molecule has 0 aromatic carbocycles. The zero-order valence-electron chi connectivity index (χ0n) is 10.4. The Hall–Kier alpha value is -1.58. The molecule has 1 N–H and O–H groups in total. The van der Waals surface area contributed by atoms with E-state index < -0.39 is 0 Å². The highest BCUT2D eigenvalue weighted by Gasteiger charge is 2.38. The van der Waals surface area contributed by atoms with E-state index in [1.165, 1.54) is 12.7 Å². The van der Waals surface area contributed by atoms with Crippen LogP contribution in [0.25, 0.3) is 0 Å². The summed E-state index contributed by atoms with van der Waals surface area (Å²) in [7, 11) is 1.45. The lowest BCUT2D eigenvalue weighted by atomic mass is 9.72. The number of ether oxygens (including phenoxy) is 1. The van der Waals surface area contributed by atoms with E-state index in [2.05, 4.69) is 29.9 Å². The summed E-state index contributed by atoms with van der Waals surface area (Å²) in [5.74, 6) is 0.100. The van der Waals surface area contributed by atoms with Gasteiger partial charge in [0.2, 0.25) is 0 Å². The van der Waals surface area contributed by atoms with E-state index in [0.29, 0.717) is 0 Å². The predicted octanol–water partition coefficient (Wildman–Crippen LogP) is 2.27. The zero-order chi connectivity index (χ0) is 12.4. The van der Waals surface area contributed by atoms with E-state index in [0.717, 1.165) is 12.1 Å². The first-order valence-corrected chi connectivity index (χ1v) is 5.88. The molecule has 0 spiro atoms. The molecule has 1 aliphatic rings. The molecule has 4 nitrogen and oxygen atoms in total. The molecule has 4 heteroatoms. The Bertz CT molecular complexity index is 423. The highest BCUT2D eigenvalue weighted by Crippen LogP contribution is 2.40. The van der Waals surface area contributed by atoms with E-state index in [4.69, 9.17) is 4.74 Å². The molecule has 92 valence electrons. The van der Waals surface area contributed by atoms with Crippen molar-refractivity contribution in [1.29, 1.82) is 0 Å². The van der Waals surface area contributed by atoms with Crippen LogP contribution in [0.5, 0.6) is 0 Å². The van der Waals surface area contributed by atoms with E-state index in [1.54, 1.807) is 12.5 Å². The Morgan fingerprint density at radius 3 is 2.94 bits per heavy atom. The lowest BCUT2D eigenvalue weighted by Gasteiger charge is -2.33. The van der Waals surface area contributed by atoms with Gasteiger partial charge in [-0.15, -0.1) is 0 Å². The Morgan fingerprint density at radius 2 is 2.35 bits per heavy atom. The van der Waals surface area contributed by atoms with Crippen LogP contribution in [0.3, 0.4) is 0 Å². The Labute approximate surface area is 101 Å². The van der Waals surface area contributed by atoms with Gasteiger partial charge in [-0.05, 0) is 19.3 Å². The third-order valence-electron chi connectivity index (χ3n) is 3.78. The topological polar surface area (TPSA) is 55.0 Å². The Kier molecular flexibility index (Phi) is 3.31. The standard InChI is InChI=1S/C13H18N2O2/c1-8-4-5-10(11-6-14-7-15-11)12(9(8)2)13(16)17-3/h4,6-7,9-10,12H,5H2,1-3H3,(H,14,15)/t9?,10-,12+/m0/s1. The molecule has 1 heterocycles. The van der Waals surface area contributed by atoms with Gasteiger partial charge in [0.15, 0.2) is 0 Å². The van der Waals surface area contributed by atoms with Gasteiger partial charge in [0.1, 0.15) is 0 Å². The molecule has 0 bridgehead atoms. The summed E-state index contributed by atoms with van der Waals surface area (Å²) in [5, 5.41) is 0. The lowest BCUT2D eigenvalue weighted by Crippen LogP contribution is -2.32. The summed E-state index contributed by atoms with van der Waals surface area (Å²) < 4.78 is 4.94. The van der Waals surface area contributed by atoms with Crippen LogP contribution in [-0.2, 0) is 9.53 Å². The molecule has 0 aliphatic heterocycles. The van der Waals surface area contributed by atoms with Gasteiger partial charge in [-0.2, -0.15) is 0 Å². The zero-order valence-corrected chi connectivity index (χ0v) is 10.4. The largest absolute Gasteiger partial charge is 0.469 e. The number of nitrogens with one attached hydrogen (secondary N) is 1. The van der Waals surface area contributed by atoms with Crippen molar-refractivity contribution in [3.8, 4) is 0 Å². The third-order valence-corrected chi connectivity index (χ3v) is 3.78. The van der Waals surface area contributed by atoms with Gasteiger partial charge in [0, 0.05) is 17.8 Å². The van der Waals surface area contributed by atoms with Crippen LogP contribution >= 0.6 is 0 Å². The number of H-pyrrole nitrogens is 1. The van der Waals surface area contributed by atoms with Crippen LogP contribution in [-0.4, -0.2) is 23.0 Å². The maximum atomic E-state index is 11.9. The first-order chi connectivity index (χ1) is 8.15. The van der Waals surface area contributed by atoms with Crippen LogP contribution < -0.4 is 0 Å². The highest BCUT2D eigenvalue weighted by atomic mass is 16.5. The van der Waals surface area contributed by atoms with E-state index >= 15 is 0 Å². The normalized spacial score (nSPS) is 28.6. The molecule has 1 unspecified atom stereocenters. The fraction of sp³-hybridized carbons (Fsp3) is 0.538. The van der Waals surface area contributed by atoms with Crippen LogP contribution in [0.15, 0.2) is 24.2 Å². The monoisotopic (exact) mass is 234 g/mol. The van der Waals surface area contributed by atoms with Gasteiger partial charge in [-0.1, -0.05) is 18.6 Å². The number of rotatable bonds is 2. The smallest absolute Gasteiger partial charge is 0.309 e. The first kappa shape index (κ1) is 11.9. The maximum absolute atomic E-state index is 11.9. The molecule has 0 fully saturated rings. The predicted molar refractivity (Wildman–Crippen MR) is 64.4 cm³/mol. The molecule has 0 radical (unpaired) electrons. The summed E-state index contributed by atoms with van der Waals surface area (Å²) in [5.41, 5.74) is 2.27. The molecule has 0 saturated heterocycles. The second kappa shape index (κ2) is 4.73. The van der Waals surface area contributed by atoms with Crippen molar-refractivity contribution >= 4 is 5.97 Å². The van der Waals surface area contributed by atoms with Gasteiger partial charge >= 0.3 is 5.97 Å². The van der Waals surface area contributed by atoms with Crippen molar-refractivity contribution < 1.29 is 9.53 Å². The van der Waals surface area contributed by atoms with Crippen molar-refractivity contribution in [2.45, 2.75) is 26.2 Å². The second-order valence-corrected chi connectivity index (χ2v) is 4.63. The number of carbonyl (C=O) groups excluding carboxylic acids is 1. The SMILES string of the molecule is COC(=O)[C@@H]1C(C)C(C)=CC[C@H]1c1cnc[nH]1. The van der Waals surface area contributed by atoms with Crippen molar-refractivity contribution in [1.82, 2.24) is 9.97 Å². The number of hydrogen-bond donors (Lipinski definition) is 1. The maximum Gasteiger partial charge on any atom is 0.309 e. The van der Waals surface area contributed by atoms with Crippen LogP contribution in [0, 0.1) is 11.8 Å². The summed E-state index contributed by atoms with van der Waals surface area (Å²) in [6, 6.07) is 0. The average molecular weight is 234 g/mol. The van der Waals surface area contributed by atoms with Crippen LogP contribution in [0.4, 0.5) is 0 Å². The third kappa shape index (κ3) is 2.12. The Morgan fingerprint density at radius 1 is 1.59 bits per heavy atom. The minimum Gasteiger partial charge on any atom is -0.469 e. The average Bonchev–Trinajstić information content (AvgIpc) is 2.85. The summed E-state index contributed by atoms with van der Waals surface area (Å²) in [6.07, 6.45) is 6.51. The number of carbonyl (C=O) groups is 1. The number of hydrogen-bond acceptors (Lipinski definition) is 3. The molecule has 0 amide bonds. The lowest BCUT2D eigenvalue weighted by molar-refractivity contribution is -0.148. The number of nitrogens with zero attached hydrogens (tertiary/aromatic N) is 1. The van der Waals surface area contributed by atoms with Crippen molar-refractivity contribution in [2.24, 2.45) is 11.8 Å². The van der Waals surface area contributed by atoms with Gasteiger partial charge < -0.3 is 9.72 Å². The molecule has 1 aliphatic carbocycles. The van der Waals surface area contributed by atoms with Gasteiger partial charge in [0.25, 0.3) is 0 Å². The molecule has 3 atom stereocenters. The van der Waals surface area contributed by atoms with E-state index in [-0.39, 0.29) is 23.7 Å². The van der Waals surface area contributed by atoms with Crippen molar-refractivity contribution in [2.75, 3.05) is 7.11 Å². The van der Waals surface area contributed by atoms with Gasteiger partial charge in [-0.3, -0.25) is 4.79 Å². The minimum atomic E-state index is -0.135. The van der Waals surface area contributed by atoms with Gasteiger partial charge in [0.05, 0.1) is 19.4 Å². The van der Waals surface area contributed by atoms with E-state index in [1.807, 2.05) is 0 Å². The molecular formula is C13H18N2O2. The van der Waals surface area contributed by atoms with Crippen LogP contribution in [0.2, 0.25) is 0 Å². The molecule has 17 heavy (non-hydrogen) atoms. The van der Waals surface area contributed by atoms with Gasteiger partial charge in [-0.25, -0.2) is 4.98 Å². The number of allylic oxidation sites excluding steroid dienone is 2. The van der Waals surface area contributed by atoms with Crippen LogP contribution in [0.1, 0.15) is 31.9 Å². The molecular weight excluding hydrogens is 216 g/mol. The van der Waals surface area contributed by atoms with Crippen molar-refractivity contribution in [3.05, 3.63) is 29.9 Å². The summed E-state index contributed by atoms with van der Waals surface area (Å²) in [6.45, 7) is 4.15. The number of methoxy groups -OCH3 is 1. The Balaban J connectivity index is 2.34. The summed E-state index contributed by atoms with van der Waals surface area (Å²) in [4.78, 5) is 19.1. The molecule has 1 aromatic heterocycles. The highest BCUT2D eigenvalue weighted by molar-refractivity contribution is 5.74. The second-order valence-electron chi connectivity index (χ2n) is 4.63. The fourth-order valence-corrected chi connectivity index (χ4v) is 2.57. The molecule has 2 rings (SSSR count). The quantitative estimate of drug-likeness (QED) is 0.631. The molecule has 0 saturated carbocycles. The van der Waals surface area contributed by atoms with Crippen molar-refractivity contribution in [3.63, 3.8) is 0 Å². The number of imidazole rings is 1. The summed E-state index contributed by atoms with van der Waals surface area (Å²) >= 11 is 0.